The van der Waals surface area contributed by atoms with Crippen LogP contribution in [-0.2, 0) is 4.79 Å². The van der Waals surface area contributed by atoms with E-state index in [1.165, 1.54) is 0 Å². The number of carbonyl (C=O) groups excluding carboxylic acids is 2. The van der Waals surface area contributed by atoms with Gasteiger partial charge in [0.2, 0.25) is 5.91 Å². The van der Waals surface area contributed by atoms with Crippen molar-refractivity contribution in [2.24, 2.45) is 0 Å². The van der Waals surface area contributed by atoms with Crippen LogP contribution in [0.25, 0.3) is 0 Å². The van der Waals surface area contributed by atoms with Crippen LogP contribution in [0.5, 0.6) is 0 Å². The highest BCUT2D eigenvalue weighted by Gasteiger charge is 2.16. The zero-order valence-electron chi connectivity index (χ0n) is 13.5. The second-order valence-electron chi connectivity index (χ2n) is 5.90. The van der Waals surface area contributed by atoms with Crippen LogP contribution in [-0.4, -0.2) is 28.9 Å². The molecule has 0 radical (unpaired) electrons. The molecule has 2 amide bonds. The van der Waals surface area contributed by atoms with Gasteiger partial charge in [-0.05, 0) is 24.6 Å². The van der Waals surface area contributed by atoms with E-state index in [1.54, 1.807) is 30.0 Å². The Labute approximate surface area is 141 Å². The van der Waals surface area contributed by atoms with Gasteiger partial charge in [0.25, 0.3) is 5.91 Å². The average Bonchev–Trinajstić information content (AvgIpc) is 2.42. The Hall–Kier alpha value is -1.20. The van der Waals surface area contributed by atoms with Crippen molar-refractivity contribution in [2.45, 2.75) is 38.9 Å². The van der Waals surface area contributed by atoms with Crippen molar-refractivity contribution in [1.82, 2.24) is 5.32 Å². The number of amides is 2. The fourth-order valence-electron chi connectivity index (χ4n) is 1.62. The van der Waals surface area contributed by atoms with Gasteiger partial charge in [-0.2, -0.15) is 0 Å². The molecule has 122 valence electrons. The predicted octanol–water partition coefficient (Wildman–Crippen LogP) is 3.95. The highest BCUT2D eigenvalue weighted by Crippen LogP contribution is 2.25. The third kappa shape index (κ3) is 6.71. The number of rotatable bonds is 6. The highest BCUT2D eigenvalue weighted by molar-refractivity contribution is 8.01. The molecule has 0 unspecified atom stereocenters. The molecule has 1 rings (SSSR count). The molecular weight excluding hydrogens is 320 g/mol. The number of nitrogens with one attached hydrogen (secondary N) is 2. The van der Waals surface area contributed by atoms with Crippen LogP contribution in [0.3, 0.4) is 0 Å². The lowest BCUT2D eigenvalue weighted by molar-refractivity contribution is -0.113. The largest absolute Gasteiger partial charge is 0.352 e. The first-order chi connectivity index (χ1) is 10.2. The maximum atomic E-state index is 12.1. The summed E-state index contributed by atoms with van der Waals surface area (Å²) in [5.74, 6) is -0.0320. The molecule has 6 heteroatoms. The molecule has 0 saturated carbocycles. The molecule has 1 aromatic rings. The Morgan fingerprint density at radius 2 is 1.95 bits per heavy atom. The first kappa shape index (κ1) is 18.8. The van der Waals surface area contributed by atoms with Crippen LogP contribution in [0.2, 0.25) is 5.02 Å². The number of anilines is 1. The smallest absolute Gasteiger partial charge is 0.253 e. The Bertz CT molecular complexity index is 541. The second-order valence-corrected chi connectivity index (χ2v) is 8.13. The summed E-state index contributed by atoms with van der Waals surface area (Å²) in [6.45, 7) is 8.72. The van der Waals surface area contributed by atoms with Crippen molar-refractivity contribution in [3.63, 3.8) is 0 Å². The maximum absolute atomic E-state index is 12.1. The molecule has 0 aliphatic rings. The minimum absolute atomic E-state index is 0.00695. The third-order valence-electron chi connectivity index (χ3n) is 2.67. The Balaban J connectivity index is 2.82. The monoisotopic (exact) mass is 342 g/mol. The van der Waals surface area contributed by atoms with Crippen molar-refractivity contribution in [3.05, 3.63) is 28.8 Å². The lowest BCUT2D eigenvalue weighted by Crippen LogP contribution is -2.26. The summed E-state index contributed by atoms with van der Waals surface area (Å²) in [4.78, 5) is 24.2. The predicted molar refractivity (Wildman–Crippen MR) is 94.9 cm³/mol. The molecule has 1 aromatic carbocycles. The third-order valence-corrected chi connectivity index (χ3v) is 4.18. The van der Waals surface area contributed by atoms with E-state index < -0.39 is 0 Å². The molecule has 0 aliphatic carbocycles. The van der Waals surface area contributed by atoms with Crippen LogP contribution in [0.15, 0.2) is 18.2 Å². The lowest BCUT2D eigenvalue weighted by atomic mass is 10.1. The number of carbonyl (C=O) groups is 2. The molecule has 22 heavy (non-hydrogen) atoms. The first-order valence-corrected chi connectivity index (χ1v) is 8.61. The lowest BCUT2D eigenvalue weighted by Gasteiger charge is -2.17. The average molecular weight is 343 g/mol. The van der Waals surface area contributed by atoms with E-state index in [1.807, 2.05) is 27.7 Å². The van der Waals surface area contributed by atoms with Crippen molar-refractivity contribution >= 4 is 40.9 Å². The first-order valence-electron chi connectivity index (χ1n) is 7.24. The van der Waals surface area contributed by atoms with Crippen LogP contribution in [0.1, 0.15) is 44.5 Å². The van der Waals surface area contributed by atoms with Gasteiger partial charge < -0.3 is 10.6 Å². The van der Waals surface area contributed by atoms with E-state index in [0.717, 1.165) is 6.42 Å². The van der Waals surface area contributed by atoms with Gasteiger partial charge in [-0.1, -0.05) is 39.3 Å². The molecule has 2 N–H and O–H groups in total. The van der Waals surface area contributed by atoms with Gasteiger partial charge in [0.1, 0.15) is 0 Å². The van der Waals surface area contributed by atoms with E-state index in [9.17, 15) is 9.59 Å². The van der Waals surface area contributed by atoms with Gasteiger partial charge in [-0.3, -0.25) is 9.59 Å². The molecular formula is C16H23ClN2O2S. The standard InChI is InChI=1S/C16H23ClN2O2S/c1-5-8-18-15(21)12-7-6-11(17)9-13(12)19-14(20)10-22-16(2,3)4/h6-7,9H,5,8,10H2,1-4H3,(H,18,21)(H,19,20). The molecule has 0 heterocycles. The van der Waals surface area contributed by atoms with Crippen LogP contribution in [0, 0.1) is 0 Å². The summed E-state index contributed by atoms with van der Waals surface area (Å²) >= 11 is 7.52. The molecule has 0 aromatic heterocycles. The minimum Gasteiger partial charge on any atom is -0.352 e. The minimum atomic E-state index is -0.211. The SMILES string of the molecule is CCCNC(=O)c1ccc(Cl)cc1NC(=O)CSC(C)(C)C. The number of hydrogen-bond acceptors (Lipinski definition) is 3. The molecule has 0 atom stereocenters. The Morgan fingerprint density at radius 1 is 1.27 bits per heavy atom. The van der Waals surface area contributed by atoms with Gasteiger partial charge in [0.15, 0.2) is 0 Å². The summed E-state index contributed by atoms with van der Waals surface area (Å²) in [7, 11) is 0. The van der Waals surface area contributed by atoms with Crippen LogP contribution >= 0.6 is 23.4 Å². The molecule has 0 aliphatic heterocycles. The Kier molecular flexibility index (Phi) is 7.23. The van der Waals surface area contributed by atoms with Gasteiger partial charge in [-0.15, -0.1) is 11.8 Å². The van der Waals surface area contributed by atoms with Crippen LogP contribution in [0.4, 0.5) is 5.69 Å². The number of halogens is 1. The number of hydrogen-bond donors (Lipinski definition) is 2. The highest BCUT2D eigenvalue weighted by atomic mass is 35.5. The van der Waals surface area contributed by atoms with Crippen molar-refractivity contribution < 1.29 is 9.59 Å². The van der Waals surface area contributed by atoms with E-state index in [-0.39, 0.29) is 16.6 Å². The summed E-state index contributed by atoms with van der Waals surface area (Å²) in [5.41, 5.74) is 0.868. The van der Waals surface area contributed by atoms with E-state index >= 15 is 0 Å². The quantitative estimate of drug-likeness (QED) is 0.823. The molecule has 4 nitrogen and oxygen atoms in total. The fourth-order valence-corrected chi connectivity index (χ4v) is 2.43. The van der Waals surface area contributed by atoms with Gasteiger partial charge >= 0.3 is 0 Å². The Morgan fingerprint density at radius 3 is 2.55 bits per heavy atom. The van der Waals surface area contributed by atoms with E-state index in [2.05, 4.69) is 10.6 Å². The summed E-state index contributed by atoms with van der Waals surface area (Å²) < 4.78 is 0.00695. The summed E-state index contributed by atoms with van der Waals surface area (Å²) in [5, 5.41) is 6.05. The van der Waals surface area contributed by atoms with Crippen molar-refractivity contribution in [2.75, 3.05) is 17.6 Å². The van der Waals surface area contributed by atoms with Gasteiger partial charge in [-0.25, -0.2) is 0 Å². The topological polar surface area (TPSA) is 58.2 Å². The van der Waals surface area contributed by atoms with Crippen molar-refractivity contribution in [3.8, 4) is 0 Å². The fraction of sp³-hybridized carbons (Fsp3) is 0.500. The molecule has 0 spiro atoms. The molecule has 0 saturated heterocycles. The normalized spacial score (nSPS) is 11.1. The molecule has 0 bridgehead atoms. The van der Waals surface area contributed by atoms with E-state index in [0.29, 0.717) is 28.6 Å². The van der Waals surface area contributed by atoms with Gasteiger partial charge in [0.05, 0.1) is 17.0 Å². The van der Waals surface area contributed by atoms with Crippen LogP contribution < -0.4 is 10.6 Å². The van der Waals surface area contributed by atoms with Crippen molar-refractivity contribution in [1.29, 1.82) is 0 Å². The maximum Gasteiger partial charge on any atom is 0.253 e. The number of benzene rings is 1. The van der Waals surface area contributed by atoms with E-state index in [4.69, 9.17) is 11.6 Å². The second kappa shape index (κ2) is 8.44. The molecule has 0 fully saturated rings. The number of thioether (sulfide) groups is 1. The zero-order chi connectivity index (χ0) is 16.8. The summed E-state index contributed by atoms with van der Waals surface area (Å²) in [6, 6.07) is 4.86. The zero-order valence-corrected chi connectivity index (χ0v) is 15.0. The summed E-state index contributed by atoms with van der Waals surface area (Å²) in [6.07, 6.45) is 0.850. The van der Waals surface area contributed by atoms with Gasteiger partial charge in [0, 0.05) is 16.3 Å².